The largest absolute Gasteiger partial charge is 0.373 e. The number of fused-ring (bicyclic) bond motifs is 1. The van der Waals surface area contributed by atoms with Crippen LogP contribution in [0.3, 0.4) is 0 Å². The fourth-order valence-corrected chi connectivity index (χ4v) is 2.44. The maximum atomic E-state index is 4.59. The molecule has 2 aromatic heterocycles. The molecule has 2 heterocycles. The molecule has 17 heavy (non-hydrogen) atoms. The van der Waals surface area contributed by atoms with Crippen molar-refractivity contribution in [3.63, 3.8) is 0 Å². The molecule has 0 radical (unpaired) electrons. The lowest BCUT2D eigenvalue weighted by molar-refractivity contribution is 1.22. The van der Waals surface area contributed by atoms with Crippen LogP contribution in [0.2, 0.25) is 0 Å². The summed E-state index contributed by atoms with van der Waals surface area (Å²) in [5.41, 5.74) is 0.968. The van der Waals surface area contributed by atoms with Gasteiger partial charge in [-0.05, 0) is 23.6 Å². The van der Waals surface area contributed by atoms with Crippen molar-refractivity contribution in [1.82, 2.24) is 9.97 Å². The lowest BCUT2D eigenvalue weighted by Crippen LogP contribution is -1.97. The molecular formula is C13H11N3S. The minimum absolute atomic E-state index is 0.781. The predicted molar refractivity (Wildman–Crippen MR) is 72.4 cm³/mol. The number of rotatable bonds is 2. The summed E-state index contributed by atoms with van der Waals surface area (Å²) in [6.07, 6.45) is 0. The van der Waals surface area contributed by atoms with Gasteiger partial charge in [-0.2, -0.15) is 0 Å². The molecule has 4 heteroatoms. The Labute approximate surface area is 103 Å². The smallest absolute Gasteiger partial charge is 0.172 e. The lowest BCUT2D eigenvalue weighted by atomic mass is 10.2. The van der Waals surface area contributed by atoms with E-state index >= 15 is 0 Å². The average molecular weight is 241 g/mol. The van der Waals surface area contributed by atoms with E-state index in [2.05, 4.69) is 15.3 Å². The third kappa shape index (κ3) is 1.76. The van der Waals surface area contributed by atoms with Gasteiger partial charge < -0.3 is 5.32 Å². The Bertz CT molecular complexity index is 647. The van der Waals surface area contributed by atoms with Gasteiger partial charge in [0.2, 0.25) is 0 Å². The number of aromatic nitrogens is 2. The summed E-state index contributed by atoms with van der Waals surface area (Å²) in [7, 11) is 1.88. The Kier molecular flexibility index (Phi) is 2.49. The first-order valence-electron chi connectivity index (χ1n) is 5.37. The highest BCUT2D eigenvalue weighted by atomic mass is 32.1. The zero-order valence-electron chi connectivity index (χ0n) is 9.34. The summed E-state index contributed by atoms with van der Waals surface area (Å²) in [6.45, 7) is 0. The zero-order chi connectivity index (χ0) is 11.7. The Morgan fingerprint density at radius 3 is 2.71 bits per heavy atom. The minimum Gasteiger partial charge on any atom is -0.373 e. The van der Waals surface area contributed by atoms with Gasteiger partial charge in [-0.1, -0.05) is 18.2 Å². The molecule has 0 fully saturated rings. The van der Waals surface area contributed by atoms with Crippen molar-refractivity contribution >= 4 is 28.1 Å². The van der Waals surface area contributed by atoms with Crippen LogP contribution >= 0.6 is 11.3 Å². The maximum Gasteiger partial charge on any atom is 0.172 e. The number of para-hydroxylation sites is 1. The highest BCUT2D eigenvalue weighted by Crippen LogP contribution is 2.26. The normalized spacial score (nSPS) is 10.6. The number of hydrogen-bond donors (Lipinski definition) is 1. The van der Waals surface area contributed by atoms with Gasteiger partial charge in [-0.25, -0.2) is 9.97 Å². The summed E-state index contributed by atoms with van der Waals surface area (Å²) in [5.74, 6) is 1.65. The second-order valence-electron chi connectivity index (χ2n) is 3.64. The van der Waals surface area contributed by atoms with Crippen molar-refractivity contribution in [1.29, 1.82) is 0 Å². The van der Waals surface area contributed by atoms with Gasteiger partial charge in [-0.15, -0.1) is 11.3 Å². The van der Waals surface area contributed by atoms with E-state index < -0.39 is 0 Å². The summed E-state index contributed by atoms with van der Waals surface area (Å²) in [4.78, 5) is 10.2. The maximum absolute atomic E-state index is 4.59. The molecular weight excluding hydrogens is 230 g/mol. The van der Waals surface area contributed by atoms with Crippen molar-refractivity contribution in [2.24, 2.45) is 0 Å². The van der Waals surface area contributed by atoms with Gasteiger partial charge in [0.15, 0.2) is 5.82 Å². The standard InChI is InChI=1S/C13H11N3S/c1-14-12-9-5-2-3-6-10(9)15-13(16-12)11-7-4-8-17-11/h2-8H,1H3,(H,14,15,16). The van der Waals surface area contributed by atoms with Gasteiger partial charge in [0.05, 0.1) is 10.4 Å². The molecule has 84 valence electrons. The van der Waals surface area contributed by atoms with Gasteiger partial charge in [-0.3, -0.25) is 0 Å². The molecule has 0 aliphatic carbocycles. The molecule has 0 aliphatic rings. The topological polar surface area (TPSA) is 37.8 Å². The van der Waals surface area contributed by atoms with Gasteiger partial charge in [0, 0.05) is 12.4 Å². The van der Waals surface area contributed by atoms with E-state index in [1.165, 1.54) is 0 Å². The zero-order valence-corrected chi connectivity index (χ0v) is 10.2. The molecule has 0 saturated heterocycles. The second kappa shape index (κ2) is 4.14. The number of nitrogens with one attached hydrogen (secondary N) is 1. The van der Waals surface area contributed by atoms with E-state index in [0.29, 0.717) is 0 Å². The molecule has 1 N–H and O–H groups in total. The quantitative estimate of drug-likeness (QED) is 0.747. The summed E-state index contributed by atoms with van der Waals surface area (Å²) >= 11 is 1.65. The van der Waals surface area contributed by atoms with Crippen molar-refractivity contribution in [3.8, 4) is 10.7 Å². The van der Waals surface area contributed by atoms with Crippen LogP contribution in [0.15, 0.2) is 41.8 Å². The molecule has 0 atom stereocenters. The van der Waals surface area contributed by atoms with Crippen LogP contribution in [0, 0.1) is 0 Å². The second-order valence-corrected chi connectivity index (χ2v) is 4.59. The van der Waals surface area contributed by atoms with Crippen molar-refractivity contribution in [2.45, 2.75) is 0 Å². The molecule has 0 saturated carbocycles. The van der Waals surface area contributed by atoms with Crippen molar-refractivity contribution in [3.05, 3.63) is 41.8 Å². The molecule has 3 rings (SSSR count). The fourth-order valence-electron chi connectivity index (χ4n) is 1.78. The predicted octanol–water partition coefficient (Wildman–Crippen LogP) is 3.40. The first kappa shape index (κ1) is 10.2. The number of hydrogen-bond acceptors (Lipinski definition) is 4. The van der Waals surface area contributed by atoms with Crippen molar-refractivity contribution < 1.29 is 0 Å². The fraction of sp³-hybridized carbons (Fsp3) is 0.0769. The van der Waals surface area contributed by atoms with E-state index in [9.17, 15) is 0 Å². The van der Waals surface area contributed by atoms with Crippen LogP contribution in [0.5, 0.6) is 0 Å². The third-order valence-corrected chi connectivity index (χ3v) is 3.45. The molecule has 0 unspecified atom stereocenters. The van der Waals surface area contributed by atoms with Gasteiger partial charge >= 0.3 is 0 Å². The van der Waals surface area contributed by atoms with E-state index in [1.54, 1.807) is 11.3 Å². The molecule has 0 aliphatic heterocycles. The summed E-state index contributed by atoms with van der Waals surface area (Å²) < 4.78 is 0. The molecule has 3 nitrogen and oxygen atoms in total. The first-order valence-corrected chi connectivity index (χ1v) is 6.25. The Morgan fingerprint density at radius 2 is 1.94 bits per heavy atom. The highest BCUT2D eigenvalue weighted by Gasteiger charge is 2.08. The van der Waals surface area contributed by atoms with Crippen LogP contribution in [0.4, 0.5) is 5.82 Å². The lowest BCUT2D eigenvalue weighted by Gasteiger charge is -2.06. The number of thiophene rings is 1. The first-order chi connectivity index (χ1) is 8.38. The SMILES string of the molecule is CNc1nc(-c2cccs2)nc2ccccc12. The summed E-state index contributed by atoms with van der Waals surface area (Å²) in [6, 6.07) is 12.1. The van der Waals surface area contributed by atoms with Crippen LogP contribution in [-0.2, 0) is 0 Å². The van der Waals surface area contributed by atoms with E-state index in [4.69, 9.17) is 0 Å². The Morgan fingerprint density at radius 1 is 1.06 bits per heavy atom. The van der Waals surface area contributed by atoms with Gasteiger partial charge in [0.25, 0.3) is 0 Å². The Hall–Kier alpha value is -1.94. The average Bonchev–Trinajstić information content (AvgIpc) is 2.91. The molecule has 0 amide bonds. The van der Waals surface area contributed by atoms with Crippen molar-refractivity contribution in [2.75, 3.05) is 12.4 Å². The number of anilines is 1. The summed E-state index contributed by atoms with van der Waals surface area (Å²) in [5, 5.41) is 6.21. The van der Waals surface area contributed by atoms with Crippen LogP contribution in [0.25, 0.3) is 21.6 Å². The monoisotopic (exact) mass is 241 g/mol. The van der Waals surface area contributed by atoms with Crippen LogP contribution < -0.4 is 5.32 Å². The number of nitrogens with zero attached hydrogens (tertiary/aromatic N) is 2. The molecule has 3 aromatic rings. The van der Waals surface area contributed by atoms with E-state index in [0.717, 1.165) is 27.4 Å². The van der Waals surface area contributed by atoms with Crippen LogP contribution in [-0.4, -0.2) is 17.0 Å². The van der Waals surface area contributed by atoms with E-state index in [1.807, 2.05) is 48.8 Å². The Balaban J connectivity index is 2.28. The van der Waals surface area contributed by atoms with Crippen LogP contribution in [0.1, 0.15) is 0 Å². The highest BCUT2D eigenvalue weighted by molar-refractivity contribution is 7.13. The minimum atomic E-state index is 0.781. The molecule has 0 bridgehead atoms. The molecule has 0 spiro atoms. The third-order valence-electron chi connectivity index (χ3n) is 2.58. The molecule has 1 aromatic carbocycles. The van der Waals surface area contributed by atoms with Gasteiger partial charge in [0.1, 0.15) is 5.82 Å². The van der Waals surface area contributed by atoms with E-state index in [-0.39, 0.29) is 0 Å². The number of benzene rings is 1.